The fourth-order valence-corrected chi connectivity index (χ4v) is 2.10. The monoisotopic (exact) mass is 293 g/mol. The van der Waals surface area contributed by atoms with E-state index in [9.17, 15) is 24.8 Å². The molecule has 0 aromatic heterocycles. The van der Waals surface area contributed by atoms with Gasteiger partial charge in [0, 0.05) is 17.7 Å². The second kappa shape index (κ2) is 6.34. The van der Waals surface area contributed by atoms with Gasteiger partial charge < -0.3 is 19.6 Å². The lowest BCUT2D eigenvalue weighted by Crippen LogP contribution is -2.57. The number of rotatable bonds is 5. The summed E-state index contributed by atoms with van der Waals surface area (Å²) in [5, 5.41) is 21.8. The summed E-state index contributed by atoms with van der Waals surface area (Å²) in [7, 11) is 0. The van der Waals surface area contributed by atoms with Gasteiger partial charge in [0.2, 0.25) is 0 Å². The van der Waals surface area contributed by atoms with Gasteiger partial charge >= 0.3 is 0 Å². The van der Waals surface area contributed by atoms with Crippen LogP contribution in [0.15, 0.2) is 24.3 Å². The van der Waals surface area contributed by atoms with Gasteiger partial charge in [-0.1, -0.05) is 12.1 Å². The molecule has 0 aliphatic rings. The Balaban J connectivity index is 2.98. The quantitative estimate of drug-likeness (QED) is 0.460. The first kappa shape index (κ1) is 16.6. The largest absolute Gasteiger partial charge is 0.530 e. The zero-order chi connectivity index (χ0) is 16.2. The van der Waals surface area contributed by atoms with Gasteiger partial charge in [-0.3, -0.25) is 10.1 Å². The van der Waals surface area contributed by atoms with E-state index in [2.05, 4.69) is 0 Å². The molecule has 1 amide bonds. The number of carboxylic acid groups (broad SMARTS) is 1. The van der Waals surface area contributed by atoms with Crippen molar-refractivity contribution in [3.8, 4) is 0 Å². The first-order chi connectivity index (χ1) is 9.66. The van der Waals surface area contributed by atoms with E-state index in [0.29, 0.717) is 11.8 Å². The van der Waals surface area contributed by atoms with Gasteiger partial charge in [-0.2, -0.15) is 0 Å². The normalized spacial score (nSPS) is 12.5. The van der Waals surface area contributed by atoms with E-state index in [0.717, 1.165) is 4.90 Å². The van der Waals surface area contributed by atoms with Crippen LogP contribution in [0.1, 0.15) is 26.3 Å². The van der Waals surface area contributed by atoms with E-state index < -0.39 is 22.6 Å². The smallest absolute Gasteiger partial charge is 0.269 e. The Labute approximate surface area is 122 Å². The molecule has 0 fully saturated rings. The summed E-state index contributed by atoms with van der Waals surface area (Å²) in [5.41, 5.74) is -0.215. The van der Waals surface area contributed by atoms with Crippen LogP contribution < -0.4 is 5.11 Å². The molecule has 0 bridgehead atoms. The molecule has 1 atom stereocenters. The first-order valence-corrected chi connectivity index (χ1v) is 6.35. The molecule has 7 nitrogen and oxygen atoms in total. The molecule has 0 aliphatic carbocycles. The van der Waals surface area contributed by atoms with Gasteiger partial charge in [-0.15, -0.1) is 0 Å². The number of nitro benzene ring substituents is 1. The van der Waals surface area contributed by atoms with Crippen LogP contribution in [0, 0.1) is 10.1 Å². The van der Waals surface area contributed by atoms with Crippen LogP contribution in [0.3, 0.4) is 0 Å². The van der Waals surface area contributed by atoms with E-state index in [-0.39, 0.29) is 12.1 Å². The molecule has 0 aliphatic heterocycles. The van der Waals surface area contributed by atoms with E-state index in [1.807, 2.05) is 0 Å². The summed E-state index contributed by atoms with van der Waals surface area (Å²) in [6, 6.07) is 4.74. The van der Waals surface area contributed by atoms with Gasteiger partial charge in [0.25, 0.3) is 5.69 Å². The second-order valence-corrected chi connectivity index (χ2v) is 5.64. The fourth-order valence-electron chi connectivity index (χ4n) is 2.10. The number of amides is 1. The molecule has 1 rings (SSSR count). The Bertz CT molecular complexity index is 533. The molecule has 7 heteroatoms. The topological polar surface area (TPSA) is 104 Å². The van der Waals surface area contributed by atoms with Crippen LogP contribution in [0.5, 0.6) is 0 Å². The van der Waals surface area contributed by atoms with Crippen LogP contribution >= 0.6 is 0 Å². The Morgan fingerprint density at radius 1 is 1.33 bits per heavy atom. The van der Waals surface area contributed by atoms with Gasteiger partial charge in [-0.25, -0.2) is 0 Å². The number of carbonyl (C=O) groups excluding carboxylic acids is 2. The maximum Gasteiger partial charge on any atom is 0.269 e. The SMILES string of the molecule is CC(C)(C)N(C(=O)[O-])[C@H](C=O)Cc1ccc([N+](=O)[O-])cc1. The zero-order valence-corrected chi connectivity index (χ0v) is 12.1. The van der Waals surface area contributed by atoms with E-state index in [1.165, 1.54) is 24.3 Å². The average Bonchev–Trinajstić information content (AvgIpc) is 2.36. The molecule has 1 aromatic rings. The van der Waals surface area contributed by atoms with Gasteiger partial charge in [0.1, 0.15) is 12.4 Å². The summed E-state index contributed by atoms with van der Waals surface area (Å²) in [6.07, 6.45) is -0.753. The number of non-ortho nitro benzene ring substituents is 1. The molecule has 0 saturated carbocycles. The number of aldehydes is 1. The number of hydrogen-bond acceptors (Lipinski definition) is 5. The van der Waals surface area contributed by atoms with Gasteiger partial charge in [0.05, 0.1) is 11.0 Å². The Kier molecular flexibility index (Phi) is 5.02. The van der Waals surface area contributed by atoms with E-state index >= 15 is 0 Å². The predicted octanol–water partition coefficient (Wildman–Crippen LogP) is 1.15. The lowest BCUT2D eigenvalue weighted by Gasteiger charge is -2.41. The molecule has 114 valence electrons. The minimum Gasteiger partial charge on any atom is -0.530 e. The molecule has 1 aromatic carbocycles. The maximum absolute atomic E-state index is 11.2. The highest BCUT2D eigenvalue weighted by Gasteiger charge is 2.28. The average molecular weight is 293 g/mol. The van der Waals surface area contributed by atoms with Crippen LogP contribution in [0.2, 0.25) is 0 Å². The van der Waals surface area contributed by atoms with Crippen molar-refractivity contribution in [2.75, 3.05) is 0 Å². The highest BCUT2D eigenvalue weighted by atomic mass is 16.6. The van der Waals surface area contributed by atoms with Gasteiger partial charge in [-0.05, 0) is 32.8 Å². The van der Waals surface area contributed by atoms with Gasteiger partial charge in [0.15, 0.2) is 0 Å². The predicted molar refractivity (Wildman–Crippen MR) is 73.6 cm³/mol. The number of carbonyl (C=O) groups is 2. The van der Waals surface area contributed by atoms with Crippen LogP contribution in [0.4, 0.5) is 10.5 Å². The summed E-state index contributed by atoms with van der Waals surface area (Å²) < 4.78 is 0. The van der Waals surface area contributed by atoms with Crippen molar-refractivity contribution >= 4 is 18.1 Å². The number of benzene rings is 1. The zero-order valence-electron chi connectivity index (χ0n) is 12.1. The maximum atomic E-state index is 11.2. The molecule has 0 saturated heterocycles. The molecule has 0 spiro atoms. The van der Waals surface area contributed by atoms with Crippen molar-refractivity contribution in [2.45, 2.75) is 38.8 Å². The molecule has 0 unspecified atom stereocenters. The lowest BCUT2D eigenvalue weighted by atomic mass is 9.99. The Hall–Kier alpha value is -2.44. The molecule has 0 radical (unpaired) electrons. The summed E-state index contributed by atoms with van der Waals surface area (Å²) >= 11 is 0. The minimum absolute atomic E-state index is 0.0611. The molecular weight excluding hydrogens is 276 g/mol. The van der Waals surface area contributed by atoms with E-state index in [1.54, 1.807) is 20.8 Å². The van der Waals surface area contributed by atoms with Crippen molar-refractivity contribution in [2.24, 2.45) is 0 Å². The standard InChI is InChI=1S/C14H18N2O5/c1-14(2,3)15(13(18)19)12(9-17)8-10-4-6-11(7-5-10)16(20)21/h4-7,9,12H,8H2,1-3H3,(H,18,19)/p-1/t12-/m0/s1. The lowest BCUT2D eigenvalue weighted by molar-refractivity contribution is -0.384. The van der Waals surface area contributed by atoms with Crippen LogP contribution in [0.25, 0.3) is 0 Å². The molecular formula is C14H17N2O5-. The van der Waals surface area contributed by atoms with Crippen molar-refractivity contribution < 1.29 is 19.6 Å². The summed E-state index contributed by atoms with van der Waals surface area (Å²) in [5.74, 6) is 0. The fraction of sp³-hybridized carbons (Fsp3) is 0.429. The third kappa shape index (κ3) is 4.27. The van der Waals surface area contributed by atoms with Crippen molar-refractivity contribution in [3.05, 3.63) is 39.9 Å². The van der Waals surface area contributed by atoms with E-state index in [4.69, 9.17) is 0 Å². The third-order valence-electron chi connectivity index (χ3n) is 3.00. The third-order valence-corrected chi connectivity index (χ3v) is 3.00. The Morgan fingerprint density at radius 2 is 1.86 bits per heavy atom. The minimum atomic E-state index is -1.43. The summed E-state index contributed by atoms with van der Waals surface area (Å²) in [6.45, 7) is 4.99. The van der Waals surface area contributed by atoms with Crippen molar-refractivity contribution in [1.82, 2.24) is 4.90 Å². The molecule has 0 N–H and O–H groups in total. The first-order valence-electron chi connectivity index (χ1n) is 6.35. The number of nitrogens with zero attached hydrogens (tertiary/aromatic N) is 2. The van der Waals surface area contributed by atoms with Crippen LogP contribution in [-0.2, 0) is 11.2 Å². The van der Waals surface area contributed by atoms with Crippen molar-refractivity contribution in [1.29, 1.82) is 0 Å². The molecule has 0 heterocycles. The molecule has 21 heavy (non-hydrogen) atoms. The Morgan fingerprint density at radius 3 is 2.19 bits per heavy atom. The summed E-state index contributed by atoms with van der Waals surface area (Å²) in [4.78, 5) is 33.5. The van der Waals surface area contributed by atoms with Crippen molar-refractivity contribution in [3.63, 3.8) is 0 Å². The highest BCUT2D eigenvalue weighted by molar-refractivity contribution is 5.71. The van der Waals surface area contributed by atoms with Crippen LogP contribution in [-0.4, -0.2) is 33.8 Å². The number of hydrogen-bond donors (Lipinski definition) is 0. The second-order valence-electron chi connectivity index (χ2n) is 5.64. The highest BCUT2D eigenvalue weighted by Crippen LogP contribution is 2.20. The number of nitro groups is 1.